The number of hydrogen-bond acceptors (Lipinski definition) is 6. The van der Waals surface area contributed by atoms with E-state index in [0.717, 1.165) is 54.1 Å². The highest BCUT2D eigenvalue weighted by Crippen LogP contribution is 2.26. The summed E-state index contributed by atoms with van der Waals surface area (Å²) in [4.78, 5) is 14.6. The summed E-state index contributed by atoms with van der Waals surface area (Å²) >= 11 is 1.66. The number of fused-ring (bicyclic) bond motifs is 1. The van der Waals surface area contributed by atoms with Crippen molar-refractivity contribution in [2.24, 2.45) is 0 Å². The van der Waals surface area contributed by atoms with Crippen molar-refractivity contribution in [3.63, 3.8) is 0 Å². The van der Waals surface area contributed by atoms with Gasteiger partial charge in [0.25, 0.3) is 0 Å². The minimum Gasteiger partial charge on any atom is -0.344 e. The summed E-state index contributed by atoms with van der Waals surface area (Å²) in [6, 6.07) is 3.94. The van der Waals surface area contributed by atoms with Crippen LogP contribution >= 0.6 is 11.3 Å². The predicted octanol–water partition coefficient (Wildman–Crippen LogP) is 1.99. The first-order chi connectivity index (χ1) is 10.8. The second kappa shape index (κ2) is 5.66. The quantitative estimate of drug-likeness (QED) is 0.740. The van der Waals surface area contributed by atoms with E-state index in [4.69, 9.17) is 5.10 Å². The molecule has 3 aromatic heterocycles. The molecular formula is C15H18N6S. The van der Waals surface area contributed by atoms with Gasteiger partial charge < -0.3 is 9.80 Å². The third-order valence-electron chi connectivity index (χ3n) is 4.08. The maximum absolute atomic E-state index is 4.69. The van der Waals surface area contributed by atoms with E-state index in [9.17, 15) is 0 Å². The first-order valence-corrected chi connectivity index (χ1v) is 8.39. The zero-order valence-corrected chi connectivity index (χ0v) is 13.3. The third kappa shape index (κ3) is 2.46. The van der Waals surface area contributed by atoms with Crippen LogP contribution in [-0.4, -0.2) is 57.2 Å². The van der Waals surface area contributed by atoms with Crippen LogP contribution in [0.2, 0.25) is 0 Å². The van der Waals surface area contributed by atoms with Crippen LogP contribution in [0.3, 0.4) is 0 Å². The van der Waals surface area contributed by atoms with E-state index in [1.807, 2.05) is 29.0 Å². The van der Waals surface area contributed by atoms with Gasteiger partial charge in [-0.05, 0) is 18.7 Å². The zero-order chi connectivity index (χ0) is 14.9. The summed E-state index contributed by atoms with van der Waals surface area (Å²) in [6.07, 6.45) is 5.58. The van der Waals surface area contributed by atoms with Gasteiger partial charge in [-0.1, -0.05) is 18.3 Å². The van der Waals surface area contributed by atoms with Crippen molar-refractivity contribution in [3.8, 4) is 11.3 Å². The molecule has 0 aliphatic carbocycles. The SMILES string of the molecule is CCN1CCN(c2nn3cc(-c4cccnc4)nc3s2)CC1. The summed E-state index contributed by atoms with van der Waals surface area (Å²) in [7, 11) is 0. The highest BCUT2D eigenvalue weighted by atomic mass is 32.1. The number of anilines is 1. The minimum absolute atomic E-state index is 0.925. The Bertz CT molecular complexity index is 725. The summed E-state index contributed by atoms with van der Waals surface area (Å²) in [5.41, 5.74) is 1.95. The van der Waals surface area contributed by atoms with E-state index in [-0.39, 0.29) is 0 Å². The maximum Gasteiger partial charge on any atom is 0.214 e. The first kappa shape index (κ1) is 13.7. The van der Waals surface area contributed by atoms with Crippen molar-refractivity contribution in [2.45, 2.75) is 6.92 Å². The second-order valence-electron chi connectivity index (χ2n) is 5.40. The third-order valence-corrected chi connectivity index (χ3v) is 5.06. The number of likely N-dealkylation sites (N-methyl/N-ethyl adjacent to an activating group) is 1. The average Bonchev–Trinajstić information content (AvgIpc) is 3.15. The van der Waals surface area contributed by atoms with Crippen molar-refractivity contribution < 1.29 is 0 Å². The fourth-order valence-electron chi connectivity index (χ4n) is 2.73. The van der Waals surface area contributed by atoms with Crippen molar-refractivity contribution in [1.29, 1.82) is 0 Å². The van der Waals surface area contributed by atoms with E-state index in [2.05, 4.69) is 26.7 Å². The number of hydrogen-bond donors (Lipinski definition) is 0. The lowest BCUT2D eigenvalue weighted by atomic mass is 10.2. The van der Waals surface area contributed by atoms with E-state index in [1.165, 1.54) is 0 Å². The largest absolute Gasteiger partial charge is 0.344 e. The van der Waals surface area contributed by atoms with Crippen LogP contribution in [-0.2, 0) is 0 Å². The topological polar surface area (TPSA) is 49.6 Å². The van der Waals surface area contributed by atoms with Crippen molar-refractivity contribution in [1.82, 2.24) is 24.5 Å². The minimum atomic E-state index is 0.925. The average molecular weight is 314 g/mol. The van der Waals surface area contributed by atoms with Gasteiger partial charge in [-0.3, -0.25) is 4.98 Å². The molecule has 0 amide bonds. The van der Waals surface area contributed by atoms with Crippen LogP contribution in [0.5, 0.6) is 0 Å². The van der Waals surface area contributed by atoms with Gasteiger partial charge in [0, 0.05) is 44.1 Å². The summed E-state index contributed by atoms with van der Waals surface area (Å²) in [5, 5.41) is 5.76. The molecule has 0 atom stereocenters. The van der Waals surface area contributed by atoms with Gasteiger partial charge in [0.2, 0.25) is 10.1 Å². The molecule has 114 valence electrons. The molecule has 0 aromatic carbocycles. The standard InChI is InChI=1S/C15H18N6S/c1-2-19-6-8-20(9-7-19)15-18-21-11-13(17-14(21)22-15)12-4-3-5-16-10-12/h3-5,10-11H,2,6-9H2,1H3. The molecule has 0 unspecified atom stereocenters. The Balaban J connectivity index is 1.57. The van der Waals surface area contributed by atoms with Gasteiger partial charge in [-0.15, -0.1) is 5.10 Å². The molecule has 1 saturated heterocycles. The van der Waals surface area contributed by atoms with Crippen molar-refractivity contribution >= 4 is 21.4 Å². The van der Waals surface area contributed by atoms with Gasteiger partial charge in [-0.25, -0.2) is 9.50 Å². The number of aromatic nitrogens is 4. The Hall–Kier alpha value is -1.99. The Morgan fingerprint density at radius 2 is 2.09 bits per heavy atom. The molecule has 3 aromatic rings. The van der Waals surface area contributed by atoms with Gasteiger partial charge in [-0.2, -0.15) is 0 Å². The number of nitrogens with zero attached hydrogens (tertiary/aromatic N) is 6. The lowest BCUT2D eigenvalue weighted by Gasteiger charge is -2.33. The summed E-state index contributed by atoms with van der Waals surface area (Å²) < 4.78 is 1.88. The Labute approximate surface area is 133 Å². The molecule has 6 nitrogen and oxygen atoms in total. The van der Waals surface area contributed by atoms with E-state index < -0.39 is 0 Å². The van der Waals surface area contributed by atoms with E-state index >= 15 is 0 Å². The molecule has 0 N–H and O–H groups in total. The van der Waals surface area contributed by atoms with E-state index in [0.29, 0.717) is 0 Å². The molecule has 4 heterocycles. The molecule has 0 saturated carbocycles. The van der Waals surface area contributed by atoms with Crippen LogP contribution in [0.15, 0.2) is 30.7 Å². The van der Waals surface area contributed by atoms with Gasteiger partial charge in [0.15, 0.2) is 0 Å². The summed E-state index contributed by atoms with van der Waals surface area (Å²) in [5.74, 6) is 0. The second-order valence-corrected chi connectivity index (χ2v) is 6.34. The van der Waals surface area contributed by atoms with Crippen LogP contribution in [0.1, 0.15) is 6.92 Å². The molecule has 4 rings (SSSR count). The number of pyridine rings is 1. The van der Waals surface area contributed by atoms with E-state index in [1.54, 1.807) is 17.5 Å². The smallest absolute Gasteiger partial charge is 0.214 e. The molecule has 1 aliphatic rings. The van der Waals surface area contributed by atoms with Gasteiger partial charge >= 0.3 is 0 Å². The molecule has 22 heavy (non-hydrogen) atoms. The normalized spacial score (nSPS) is 16.5. The van der Waals surface area contributed by atoms with Gasteiger partial charge in [0.1, 0.15) is 0 Å². The summed E-state index contributed by atoms with van der Waals surface area (Å²) in [6.45, 7) is 7.65. The van der Waals surface area contributed by atoms with Crippen molar-refractivity contribution in [3.05, 3.63) is 30.7 Å². The molecular weight excluding hydrogens is 296 g/mol. The first-order valence-electron chi connectivity index (χ1n) is 7.57. The van der Waals surface area contributed by atoms with Crippen LogP contribution in [0.25, 0.3) is 16.2 Å². The van der Waals surface area contributed by atoms with Gasteiger partial charge in [0.05, 0.1) is 11.9 Å². The highest BCUT2D eigenvalue weighted by Gasteiger charge is 2.20. The monoisotopic (exact) mass is 314 g/mol. The van der Waals surface area contributed by atoms with Crippen molar-refractivity contribution in [2.75, 3.05) is 37.6 Å². The lowest BCUT2D eigenvalue weighted by molar-refractivity contribution is 0.271. The Morgan fingerprint density at radius 1 is 1.23 bits per heavy atom. The fraction of sp³-hybridized carbons (Fsp3) is 0.400. The Morgan fingerprint density at radius 3 is 2.77 bits per heavy atom. The zero-order valence-electron chi connectivity index (χ0n) is 12.5. The molecule has 0 radical (unpaired) electrons. The molecule has 0 spiro atoms. The van der Waals surface area contributed by atoms with Crippen LogP contribution < -0.4 is 4.90 Å². The molecule has 0 bridgehead atoms. The highest BCUT2D eigenvalue weighted by molar-refractivity contribution is 7.20. The number of imidazole rings is 1. The maximum atomic E-state index is 4.69. The molecule has 7 heteroatoms. The molecule has 1 fully saturated rings. The molecule has 1 aliphatic heterocycles. The van der Waals surface area contributed by atoms with Crippen LogP contribution in [0, 0.1) is 0 Å². The predicted molar refractivity (Wildman–Crippen MR) is 88.4 cm³/mol. The Kier molecular flexibility index (Phi) is 3.51. The van der Waals surface area contributed by atoms with Crippen LogP contribution in [0.4, 0.5) is 5.13 Å². The number of piperazine rings is 1. The number of rotatable bonds is 3. The lowest BCUT2D eigenvalue weighted by Crippen LogP contribution is -2.46. The fourth-order valence-corrected chi connectivity index (χ4v) is 3.66.